The molecule has 4 heteroatoms. The Labute approximate surface area is 173 Å². The van der Waals surface area contributed by atoms with Crippen LogP contribution in [0.2, 0.25) is 0 Å². The fourth-order valence-electron chi connectivity index (χ4n) is 2.85. The van der Waals surface area contributed by atoms with Crippen LogP contribution in [0.25, 0.3) is 22.4 Å². The van der Waals surface area contributed by atoms with Gasteiger partial charge in [-0.05, 0) is 53.1 Å². The van der Waals surface area contributed by atoms with Crippen LogP contribution in [0.15, 0.2) is 59.1 Å². The van der Waals surface area contributed by atoms with E-state index >= 15 is 0 Å². The topological polar surface area (TPSA) is 42.2 Å². The van der Waals surface area contributed by atoms with E-state index in [9.17, 15) is 5.26 Å². The van der Waals surface area contributed by atoms with Crippen LogP contribution in [0.3, 0.4) is 0 Å². The molecule has 0 aliphatic carbocycles. The van der Waals surface area contributed by atoms with Crippen molar-refractivity contribution in [2.24, 2.45) is 0 Å². The monoisotopic (exact) mass is 431 g/mol. The number of fused-ring (bicyclic) bond motifs is 1. The molecule has 0 heterocycles. The second kappa shape index (κ2) is 9.13. The van der Waals surface area contributed by atoms with Crippen LogP contribution in [0.4, 0.5) is 0 Å². The molecular formula is C24H18BrNO2. The second-order valence-electron chi connectivity index (χ2n) is 5.98. The maximum atomic E-state index is 9.74. The summed E-state index contributed by atoms with van der Waals surface area (Å²) < 4.78 is 12.0. The first-order valence-electron chi connectivity index (χ1n) is 8.79. The molecule has 0 bridgehead atoms. The highest BCUT2D eigenvalue weighted by Gasteiger charge is 2.11. The summed E-state index contributed by atoms with van der Waals surface area (Å²) in [6.07, 6.45) is 7.12. The minimum Gasteiger partial charge on any atom is -0.490 e. The Morgan fingerprint density at radius 1 is 1.07 bits per heavy atom. The van der Waals surface area contributed by atoms with Crippen molar-refractivity contribution in [2.45, 2.75) is 6.92 Å². The van der Waals surface area contributed by atoms with Gasteiger partial charge in [0.05, 0.1) is 18.2 Å². The Balaban J connectivity index is 2.04. The number of hydrogen-bond acceptors (Lipinski definition) is 3. The number of ether oxygens (including phenoxy) is 2. The van der Waals surface area contributed by atoms with Gasteiger partial charge in [-0.2, -0.15) is 5.26 Å². The van der Waals surface area contributed by atoms with Gasteiger partial charge >= 0.3 is 0 Å². The molecule has 0 N–H and O–H groups in total. The summed E-state index contributed by atoms with van der Waals surface area (Å²) in [7, 11) is 0. The summed E-state index contributed by atoms with van der Waals surface area (Å²) >= 11 is 3.55. The van der Waals surface area contributed by atoms with Gasteiger partial charge < -0.3 is 9.47 Å². The number of hydrogen-bond donors (Lipinski definition) is 0. The Morgan fingerprint density at radius 2 is 1.82 bits per heavy atom. The number of allylic oxidation sites excluding steroid dienone is 1. The molecule has 3 aromatic carbocycles. The lowest BCUT2D eigenvalue weighted by Crippen LogP contribution is -2.00. The molecule has 0 atom stereocenters. The zero-order valence-corrected chi connectivity index (χ0v) is 17.0. The highest BCUT2D eigenvalue weighted by Crippen LogP contribution is 2.36. The van der Waals surface area contributed by atoms with Gasteiger partial charge in [-0.3, -0.25) is 0 Å². The van der Waals surface area contributed by atoms with Gasteiger partial charge in [0, 0.05) is 4.47 Å². The zero-order valence-electron chi connectivity index (χ0n) is 15.4. The second-order valence-corrected chi connectivity index (χ2v) is 6.83. The zero-order chi connectivity index (χ0) is 19.9. The quantitative estimate of drug-likeness (QED) is 0.270. The van der Waals surface area contributed by atoms with E-state index in [1.807, 2.05) is 61.5 Å². The maximum Gasteiger partial charge on any atom is 0.163 e. The number of halogens is 1. The number of terminal acetylenes is 1. The minimum atomic E-state index is 0.155. The Hall–Kier alpha value is -3.21. The number of benzene rings is 3. The first-order valence-corrected chi connectivity index (χ1v) is 9.59. The molecule has 0 saturated heterocycles. The third kappa shape index (κ3) is 4.36. The molecule has 0 unspecified atom stereocenters. The van der Waals surface area contributed by atoms with Crippen molar-refractivity contribution in [3.63, 3.8) is 0 Å². The Kier molecular flexibility index (Phi) is 6.37. The van der Waals surface area contributed by atoms with E-state index in [2.05, 4.69) is 34.0 Å². The molecule has 0 saturated carbocycles. The molecule has 0 fully saturated rings. The van der Waals surface area contributed by atoms with Gasteiger partial charge in [0.25, 0.3) is 0 Å². The molecule has 3 aromatic rings. The van der Waals surface area contributed by atoms with Gasteiger partial charge in [0.1, 0.15) is 6.61 Å². The van der Waals surface area contributed by atoms with E-state index in [0.717, 1.165) is 26.4 Å². The predicted molar refractivity (Wildman–Crippen MR) is 117 cm³/mol. The van der Waals surface area contributed by atoms with Crippen molar-refractivity contribution in [1.82, 2.24) is 0 Å². The SMILES string of the molecule is C#CCOc1cc(Br)c(/C=C(/C#N)c2ccc3ccccc3c2)cc1OCC. The fraction of sp³-hybridized carbons (Fsp3) is 0.125. The molecule has 3 nitrogen and oxygen atoms in total. The maximum absolute atomic E-state index is 9.74. The smallest absolute Gasteiger partial charge is 0.163 e. The van der Waals surface area contributed by atoms with Crippen LogP contribution in [-0.2, 0) is 0 Å². The highest BCUT2D eigenvalue weighted by molar-refractivity contribution is 9.10. The molecule has 3 rings (SSSR count). The molecule has 0 aliphatic heterocycles. The predicted octanol–water partition coefficient (Wildman–Crippen LogP) is 6.08. The lowest BCUT2D eigenvalue weighted by molar-refractivity contribution is 0.299. The summed E-state index contributed by atoms with van der Waals surface area (Å²) in [6.45, 7) is 2.55. The van der Waals surface area contributed by atoms with E-state index in [-0.39, 0.29) is 6.61 Å². The standard InChI is InChI=1S/C24H18BrNO2/c1-3-11-28-24-15-22(25)20(14-23(24)27-4-2)13-21(16-26)19-10-9-17-7-5-6-8-18(17)12-19/h1,5-10,12-15H,4,11H2,2H3/b21-13-. The minimum absolute atomic E-state index is 0.155. The average Bonchev–Trinajstić information content (AvgIpc) is 2.72. The summed E-state index contributed by atoms with van der Waals surface area (Å²) in [5.41, 5.74) is 2.24. The molecule has 0 aliphatic rings. The van der Waals surface area contributed by atoms with Crippen LogP contribution in [0.5, 0.6) is 11.5 Å². The summed E-state index contributed by atoms with van der Waals surface area (Å²) in [5, 5.41) is 12.0. The Morgan fingerprint density at radius 3 is 2.54 bits per heavy atom. The first kappa shape index (κ1) is 19.5. The summed E-state index contributed by atoms with van der Waals surface area (Å²) in [5.74, 6) is 3.60. The molecule has 0 aromatic heterocycles. The lowest BCUT2D eigenvalue weighted by Gasteiger charge is -2.13. The van der Waals surface area contributed by atoms with Gasteiger partial charge in [-0.1, -0.05) is 58.2 Å². The molecule has 138 valence electrons. The van der Waals surface area contributed by atoms with Gasteiger partial charge in [-0.15, -0.1) is 6.42 Å². The van der Waals surface area contributed by atoms with E-state index < -0.39 is 0 Å². The molecule has 0 amide bonds. The van der Waals surface area contributed by atoms with E-state index in [0.29, 0.717) is 23.7 Å². The average molecular weight is 432 g/mol. The molecule has 0 radical (unpaired) electrons. The van der Waals surface area contributed by atoms with Crippen LogP contribution in [0.1, 0.15) is 18.1 Å². The van der Waals surface area contributed by atoms with Crippen molar-refractivity contribution >= 4 is 38.4 Å². The molecule has 0 spiro atoms. The Bertz CT molecular complexity index is 1120. The third-order valence-electron chi connectivity index (χ3n) is 4.15. The van der Waals surface area contributed by atoms with Crippen molar-refractivity contribution in [2.75, 3.05) is 13.2 Å². The van der Waals surface area contributed by atoms with Crippen molar-refractivity contribution in [3.8, 4) is 29.9 Å². The van der Waals surface area contributed by atoms with Crippen LogP contribution in [-0.4, -0.2) is 13.2 Å². The van der Waals surface area contributed by atoms with Crippen molar-refractivity contribution < 1.29 is 9.47 Å². The highest BCUT2D eigenvalue weighted by atomic mass is 79.9. The number of rotatable bonds is 6. The van der Waals surface area contributed by atoms with Crippen molar-refractivity contribution in [1.29, 1.82) is 5.26 Å². The van der Waals surface area contributed by atoms with E-state index in [1.54, 1.807) is 0 Å². The van der Waals surface area contributed by atoms with E-state index in [4.69, 9.17) is 15.9 Å². The number of nitriles is 1. The van der Waals surface area contributed by atoms with Crippen molar-refractivity contribution in [3.05, 3.63) is 70.2 Å². The largest absolute Gasteiger partial charge is 0.490 e. The molecule has 28 heavy (non-hydrogen) atoms. The van der Waals surface area contributed by atoms with Crippen LogP contribution in [0, 0.1) is 23.7 Å². The van der Waals surface area contributed by atoms with Crippen LogP contribution < -0.4 is 9.47 Å². The third-order valence-corrected chi connectivity index (χ3v) is 4.84. The summed E-state index contributed by atoms with van der Waals surface area (Å²) in [4.78, 5) is 0. The van der Waals surface area contributed by atoms with Gasteiger partial charge in [0.2, 0.25) is 0 Å². The van der Waals surface area contributed by atoms with Gasteiger partial charge in [-0.25, -0.2) is 0 Å². The normalized spacial score (nSPS) is 10.9. The summed E-state index contributed by atoms with van der Waals surface area (Å²) in [6, 6.07) is 20.0. The van der Waals surface area contributed by atoms with Crippen LogP contribution >= 0.6 is 15.9 Å². The first-order chi connectivity index (χ1) is 13.7. The van der Waals surface area contributed by atoms with E-state index in [1.165, 1.54) is 0 Å². The molecular weight excluding hydrogens is 414 g/mol. The van der Waals surface area contributed by atoms with Gasteiger partial charge in [0.15, 0.2) is 11.5 Å². The number of nitrogens with zero attached hydrogens (tertiary/aromatic N) is 1. The lowest BCUT2D eigenvalue weighted by atomic mass is 10.00. The fourth-order valence-corrected chi connectivity index (χ4v) is 3.29.